The number of fused-ring (bicyclic) bond motifs is 1. The number of hydrogen-bond acceptors (Lipinski definition) is 3. The standard InChI is InChI=1S/C9H10ClN3.ClH/c10-7-3-12-8(13-4-7)9-1-6(9)2-11-5-9;/h3-4,6,11H,1-2,5H2;1H. The topological polar surface area (TPSA) is 37.8 Å². The summed E-state index contributed by atoms with van der Waals surface area (Å²) in [5.41, 5.74) is 0.255. The zero-order chi connectivity index (χ0) is 8.89. The van der Waals surface area contributed by atoms with Crippen molar-refractivity contribution in [3.63, 3.8) is 0 Å². The molecule has 0 radical (unpaired) electrons. The highest BCUT2D eigenvalue weighted by molar-refractivity contribution is 6.30. The molecule has 3 rings (SSSR count). The summed E-state index contributed by atoms with van der Waals surface area (Å²) in [6.45, 7) is 2.14. The fourth-order valence-electron chi connectivity index (χ4n) is 2.26. The SMILES string of the molecule is Cl.Clc1cnc(C23CNCC2C3)nc1. The molecule has 0 amide bonds. The lowest BCUT2D eigenvalue weighted by molar-refractivity contribution is 0.633. The van der Waals surface area contributed by atoms with Crippen molar-refractivity contribution in [3.8, 4) is 0 Å². The summed E-state index contributed by atoms with van der Waals surface area (Å²) in [7, 11) is 0. The number of nitrogens with one attached hydrogen (secondary N) is 1. The molecule has 0 bridgehead atoms. The van der Waals surface area contributed by atoms with Crippen LogP contribution in [0.5, 0.6) is 0 Å². The number of piperidine rings is 1. The Morgan fingerprint density at radius 3 is 2.64 bits per heavy atom. The van der Waals surface area contributed by atoms with Crippen LogP contribution in [-0.4, -0.2) is 23.1 Å². The van der Waals surface area contributed by atoms with E-state index in [0.29, 0.717) is 5.02 Å². The Morgan fingerprint density at radius 1 is 1.43 bits per heavy atom. The molecule has 76 valence electrons. The van der Waals surface area contributed by atoms with Gasteiger partial charge in [0.25, 0.3) is 0 Å². The third-order valence-electron chi connectivity index (χ3n) is 3.13. The molecule has 0 aromatic carbocycles. The first-order valence-corrected chi connectivity index (χ1v) is 4.88. The van der Waals surface area contributed by atoms with Gasteiger partial charge in [0.2, 0.25) is 0 Å². The molecule has 1 aliphatic carbocycles. The summed E-state index contributed by atoms with van der Waals surface area (Å²) in [5.74, 6) is 1.72. The molecule has 3 nitrogen and oxygen atoms in total. The van der Waals surface area contributed by atoms with Crippen LogP contribution in [-0.2, 0) is 5.41 Å². The van der Waals surface area contributed by atoms with Gasteiger partial charge in [-0.3, -0.25) is 0 Å². The molecule has 1 aromatic heterocycles. The minimum absolute atomic E-state index is 0. The van der Waals surface area contributed by atoms with Gasteiger partial charge in [-0.2, -0.15) is 0 Å². The third-order valence-corrected chi connectivity index (χ3v) is 3.32. The molecule has 1 aliphatic heterocycles. The van der Waals surface area contributed by atoms with Crippen LogP contribution in [0.3, 0.4) is 0 Å². The summed E-state index contributed by atoms with van der Waals surface area (Å²) >= 11 is 5.74. The van der Waals surface area contributed by atoms with Gasteiger partial charge in [-0.05, 0) is 18.9 Å². The van der Waals surface area contributed by atoms with E-state index in [0.717, 1.165) is 24.8 Å². The Labute approximate surface area is 93.7 Å². The van der Waals surface area contributed by atoms with E-state index in [4.69, 9.17) is 11.6 Å². The van der Waals surface area contributed by atoms with Crippen molar-refractivity contribution in [2.24, 2.45) is 5.92 Å². The lowest BCUT2D eigenvalue weighted by Gasteiger charge is -2.08. The molecule has 2 atom stereocenters. The molecule has 2 aliphatic rings. The summed E-state index contributed by atoms with van der Waals surface area (Å²) in [6.07, 6.45) is 4.61. The first-order valence-electron chi connectivity index (χ1n) is 4.50. The predicted octanol–water partition coefficient (Wildman–Crippen LogP) is 1.41. The van der Waals surface area contributed by atoms with Crippen LogP contribution in [0.15, 0.2) is 12.4 Å². The van der Waals surface area contributed by atoms with Gasteiger partial charge >= 0.3 is 0 Å². The summed E-state index contributed by atoms with van der Waals surface area (Å²) in [6, 6.07) is 0. The highest BCUT2D eigenvalue weighted by atomic mass is 35.5. The van der Waals surface area contributed by atoms with Gasteiger partial charge in [-0.15, -0.1) is 12.4 Å². The molecule has 0 spiro atoms. The minimum atomic E-state index is 0. The minimum Gasteiger partial charge on any atom is -0.315 e. The molecular formula is C9H11Cl2N3. The van der Waals surface area contributed by atoms with E-state index in [1.807, 2.05) is 0 Å². The lowest BCUT2D eigenvalue weighted by Crippen LogP contribution is -2.21. The lowest BCUT2D eigenvalue weighted by atomic mass is 10.1. The van der Waals surface area contributed by atoms with E-state index in [1.54, 1.807) is 12.4 Å². The quantitative estimate of drug-likeness (QED) is 0.795. The van der Waals surface area contributed by atoms with Gasteiger partial charge < -0.3 is 5.32 Å². The van der Waals surface area contributed by atoms with Crippen LogP contribution >= 0.6 is 24.0 Å². The molecule has 5 heteroatoms. The van der Waals surface area contributed by atoms with Crippen molar-refractivity contribution in [2.45, 2.75) is 11.8 Å². The van der Waals surface area contributed by atoms with Crippen LogP contribution < -0.4 is 5.32 Å². The van der Waals surface area contributed by atoms with Crippen molar-refractivity contribution in [2.75, 3.05) is 13.1 Å². The largest absolute Gasteiger partial charge is 0.315 e. The highest BCUT2D eigenvalue weighted by Crippen LogP contribution is 2.55. The Kier molecular flexibility index (Phi) is 2.41. The maximum Gasteiger partial charge on any atom is 0.136 e. The number of aromatic nitrogens is 2. The second-order valence-electron chi connectivity index (χ2n) is 3.91. The van der Waals surface area contributed by atoms with Crippen molar-refractivity contribution >= 4 is 24.0 Å². The van der Waals surface area contributed by atoms with Gasteiger partial charge in [0.15, 0.2) is 0 Å². The van der Waals surface area contributed by atoms with E-state index in [9.17, 15) is 0 Å². The first-order chi connectivity index (χ1) is 6.31. The molecule has 2 unspecified atom stereocenters. The second-order valence-corrected chi connectivity index (χ2v) is 4.35. The van der Waals surface area contributed by atoms with Crippen molar-refractivity contribution in [1.82, 2.24) is 15.3 Å². The number of nitrogens with zero attached hydrogens (tertiary/aromatic N) is 2. The van der Waals surface area contributed by atoms with Crippen LogP contribution in [0.1, 0.15) is 12.2 Å². The maximum absolute atomic E-state index is 5.74. The molecule has 1 aromatic rings. The van der Waals surface area contributed by atoms with Crippen LogP contribution in [0.2, 0.25) is 5.02 Å². The smallest absolute Gasteiger partial charge is 0.136 e. The Balaban J connectivity index is 0.000000750. The molecule has 2 fully saturated rings. The van der Waals surface area contributed by atoms with Crippen LogP contribution in [0.25, 0.3) is 0 Å². The molecule has 2 heterocycles. The monoisotopic (exact) mass is 231 g/mol. The highest BCUT2D eigenvalue weighted by Gasteiger charge is 2.60. The first kappa shape index (κ1) is 10.1. The van der Waals surface area contributed by atoms with Gasteiger partial charge in [-0.25, -0.2) is 9.97 Å². The Hall–Kier alpha value is -0.380. The fraction of sp³-hybridized carbons (Fsp3) is 0.556. The molecular weight excluding hydrogens is 221 g/mol. The summed E-state index contributed by atoms with van der Waals surface area (Å²) in [4.78, 5) is 8.58. The Bertz CT molecular complexity index is 340. The fourth-order valence-corrected chi connectivity index (χ4v) is 2.35. The zero-order valence-corrected chi connectivity index (χ0v) is 9.11. The molecule has 1 saturated heterocycles. The van der Waals surface area contributed by atoms with Crippen molar-refractivity contribution in [1.29, 1.82) is 0 Å². The average Bonchev–Trinajstić information content (AvgIpc) is 2.71. The van der Waals surface area contributed by atoms with E-state index in [-0.39, 0.29) is 17.8 Å². The third kappa shape index (κ3) is 1.31. The van der Waals surface area contributed by atoms with Crippen LogP contribution in [0.4, 0.5) is 0 Å². The van der Waals surface area contributed by atoms with Gasteiger partial charge in [0, 0.05) is 24.4 Å². The summed E-state index contributed by atoms with van der Waals surface area (Å²) in [5, 5.41) is 3.98. The zero-order valence-electron chi connectivity index (χ0n) is 7.53. The summed E-state index contributed by atoms with van der Waals surface area (Å²) < 4.78 is 0. The van der Waals surface area contributed by atoms with E-state index < -0.39 is 0 Å². The normalized spacial score (nSPS) is 33.4. The predicted molar refractivity (Wildman–Crippen MR) is 56.9 cm³/mol. The molecule has 1 saturated carbocycles. The Morgan fingerprint density at radius 2 is 2.14 bits per heavy atom. The van der Waals surface area contributed by atoms with E-state index >= 15 is 0 Å². The second kappa shape index (κ2) is 3.33. The van der Waals surface area contributed by atoms with Gasteiger partial charge in [-0.1, -0.05) is 11.6 Å². The maximum atomic E-state index is 5.74. The average molecular weight is 232 g/mol. The number of halogens is 2. The van der Waals surface area contributed by atoms with Gasteiger partial charge in [0.1, 0.15) is 5.82 Å². The van der Waals surface area contributed by atoms with E-state index in [2.05, 4.69) is 15.3 Å². The number of hydrogen-bond donors (Lipinski definition) is 1. The van der Waals surface area contributed by atoms with Gasteiger partial charge in [0.05, 0.1) is 5.02 Å². The number of rotatable bonds is 1. The van der Waals surface area contributed by atoms with Crippen molar-refractivity contribution in [3.05, 3.63) is 23.2 Å². The van der Waals surface area contributed by atoms with Crippen LogP contribution in [0, 0.1) is 5.92 Å². The molecule has 1 N–H and O–H groups in total. The van der Waals surface area contributed by atoms with E-state index in [1.165, 1.54) is 6.42 Å². The van der Waals surface area contributed by atoms with Crippen molar-refractivity contribution < 1.29 is 0 Å². The molecule has 14 heavy (non-hydrogen) atoms.